The summed E-state index contributed by atoms with van der Waals surface area (Å²) in [4.78, 5) is 0. The van der Waals surface area contributed by atoms with Gasteiger partial charge in [0.25, 0.3) is 0 Å². The van der Waals surface area contributed by atoms with Crippen LogP contribution in [0.4, 0.5) is 0 Å². The van der Waals surface area contributed by atoms with Crippen LogP contribution in [0.3, 0.4) is 0 Å². The van der Waals surface area contributed by atoms with Crippen LogP contribution in [0.5, 0.6) is 0 Å². The Bertz CT molecular complexity index is 219. The van der Waals surface area contributed by atoms with Crippen molar-refractivity contribution in [3.63, 3.8) is 0 Å². The topological polar surface area (TPSA) is 18.5 Å². The third-order valence-electron chi connectivity index (χ3n) is 3.57. The number of allylic oxidation sites excluding steroid dienone is 1. The highest BCUT2D eigenvalue weighted by atomic mass is 16.7. The molecule has 0 aromatic heterocycles. The molecule has 0 unspecified atom stereocenters. The van der Waals surface area contributed by atoms with Gasteiger partial charge in [0.15, 0.2) is 6.29 Å². The first-order chi connectivity index (χ1) is 7.18. The molecule has 2 heteroatoms. The second-order valence-corrected chi connectivity index (χ2v) is 5.11. The predicted molar refractivity (Wildman–Crippen MR) is 60.7 cm³/mol. The number of hydrogen-bond donors (Lipinski definition) is 0. The molecule has 0 radical (unpaired) electrons. The molecule has 0 spiro atoms. The molecule has 0 aromatic carbocycles. The van der Waals surface area contributed by atoms with E-state index in [4.69, 9.17) is 9.47 Å². The molecule has 2 fully saturated rings. The molecule has 1 aliphatic carbocycles. The molecular formula is C13H22O2. The van der Waals surface area contributed by atoms with Crippen LogP contribution in [-0.4, -0.2) is 18.5 Å². The Balaban J connectivity index is 1.83. The van der Waals surface area contributed by atoms with Gasteiger partial charge in [-0.05, 0) is 51.9 Å². The highest BCUT2D eigenvalue weighted by molar-refractivity contribution is 5.02. The summed E-state index contributed by atoms with van der Waals surface area (Å²) in [6, 6.07) is 0. The van der Waals surface area contributed by atoms with E-state index >= 15 is 0 Å². The average Bonchev–Trinajstić information content (AvgIpc) is 2.24. The van der Waals surface area contributed by atoms with Crippen molar-refractivity contribution >= 4 is 0 Å². The molecule has 1 saturated carbocycles. The van der Waals surface area contributed by atoms with Crippen LogP contribution >= 0.6 is 0 Å². The van der Waals surface area contributed by atoms with Crippen molar-refractivity contribution in [2.45, 2.75) is 63.8 Å². The Hall–Kier alpha value is -0.340. The molecule has 2 rings (SSSR count). The highest BCUT2D eigenvalue weighted by Gasteiger charge is 2.32. The van der Waals surface area contributed by atoms with Crippen LogP contribution in [0.2, 0.25) is 0 Å². The normalized spacial score (nSPS) is 31.5. The van der Waals surface area contributed by atoms with Gasteiger partial charge in [-0.1, -0.05) is 12.2 Å². The Kier molecular flexibility index (Phi) is 3.47. The minimum atomic E-state index is 0.0309. The summed E-state index contributed by atoms with van der Waals surface area (Å²) in [7, 11) is 0. The SMILES string of the molecule is C=C1CCC(C)(O[C@H]2CCCCO2)CC1. The van der Waals surface area contributed by atoms with E-state index in [2.05, 4.69) is 13.5 Å². The Morgan fingerprint density at radius 1 is 1.33 bits per heavy atom. The summed E-state index contributed by atoms with van der Waals surface area (Å²) < 4.78 is 11.7. The van der Waals surface area contributed by atoms with Gasteiger partial charge >= 0.3 is 0 Å². The first-order valence-electron chi connectivity index (χ1n) is 6.14. The van der Waals surface area contributed by atoms with Gasteiger partial charge in [0.2, 0.25) is 0 Å². The molecule has 1 aliphatic heterocycles. The minimum Gasteiger partial charge on any atom is -0.353 e. The molecule has 1 heterocycles. The summed E-state index contributed by atoms with van der Waals surface area (Å²) in [6.07, 6.45) is 7.98. The van der Waals surface area contributed by atoms with Crippen molar-refractivity contribution in [3.8, 4) is 0 Å². The van der Waals surface area contributed by atoms with Crippen molar-refractivity contribution in [1.82, 2.24) is 0 Å². The van der Waals surface area contributed by atoms with Gasteiger partial charge in [-0.25, -0.2) is 0 Å². The van der Waals surface area contributed by atoms with Crippen LogP contribution in [0.25, 0.3) is 0 Å². The third kappa shape index (κ3) is 3.05. The molecule has 1 saturated heterocycles. The van der Waals surface area contributed by atoms with Crippen molar-refractivity contribution in [2.24, 2.45) is 0 Å². The van der Waals surface area contributed by atoms with Crippen LogP contribution in [0, 0.1) is 0 Å². The summed E-state index contributed by atoms with van der Waals surface area (Å²) in [5.74, 6) is 0. The fourth-order valence-corrected chi connectivity index (χ4v) is 2.37. The van der Waals surface area contributed by atoms with E-state index < -0.39 is 0 Å². The van der Waals surface area contributed by atoms with Gasteiger partial charge in [0.1, 0.15) is 0 Å². The minimum absolute atomic E-state index is 0.0309. The fourth-order valence-electron chi connectivity index (χ4n) is 2.37. The zero-order valence-corrected chi connectivity index (χ0v) is 9.76. The fraction of sp³-hybridized carbons (Fsp3) is 0.846. The van der Waals surface area contributed by atoms with Gasteiger partial charge in [0, 0.05) is 6.61 Å². The molecule has 1 atom stereocenters. The summed E-state index contributed by atoms with van der Waals surface area (Å²) in [6.45, 7) is 7.13. The lowest BCUT2D eigenvalue weighted by Crippen LogP contribution is -2.38. The Labute approximate surface area is 92.6 Å². The molecular weight excluding hydrogens is 188 g/mol. The molecule has 2 aliphatic rings. The van der Waals surface area contributed by atoms with Gasteiger partial charge < -0.3 is 9.47 Å². The highest BCUT2D eigenvalue weighted by Crippen LogP contribution is 2.35. The summed E-state index contributed by atoms with van der Waals surface area (Å²) >= 11 is 0. The Morgan fingerprint density at radius 3 is 2.67 bits per heavy atom. The number of ether oxygens (including phenoxy) is 2. The van der Waals surface area contributed by atoms with Crippen molar-refractivity contribution in [3.05, 3.63) is 12.2 Å². The lowest BCUT2D eigenvalue weighted by atomic mass is 9.84. The second kappa shape index (κ2) is 4.67. The summed E-state index contributed by atoms with van der Waals surface area (Å²) in [5.41, 5.74) is 1.41. The van der Waals surface area contributed by atoms with E-state index in [-0.39, 0.29) is 11.9 Å². The standard InChI is InChI=1S/C13H22O2/c1-11-6-8-13(2,9-7-11)15-12-5-3-4-10-14-12/h12H,1,3-10H2,2H3/t12-/m0/s1. The van der Waals surface area contributed by atoms with E-state index in [1.807, 2.05) is 0 Å². The van der Waals surface area contributed by atoms with Crippen LogP contribution in [0.15, 0.2) is 12.2 Å². The van der Waals surface area contributed by atoms with Gasteiger partial charge in [0.05, 0.1) is 5.60 Å². The monoisotopic (exact) mass is 210 g/mol. The first kappa shape index (κ1) is 11.2. The van der Waals surface area contributed by atoms with Gasteiger partial charge in [-0.15, -0.1) is 0 Å². The molecule has 0 aromatic rings. The van der Waals surface area contributed by atoms with Crippen molar-refractivity contribution in [1.29, 1.82) is 0 Å². The van der Waals surface area contributed by atoms with E-state index in [9.17, 15) is 0 Å². The number of rotatable bonds is 2. The number of hydrogen-bond acceptors (Lipinski definition) is 2. The van der Waals surface area contributed by atoms with E-state index in [0.29, 0.717) is 0 Å². The van der Waals surface area contributed by atoms with Crippen LogP contribution in [0.1, 0.15) is 51.9 Å². The predicted octanol–water partition coefficient (Wildman–Crippen LogP) is 3.42. The largest absolute Gasteiger partial charge is 0.353 e. The Morgan fingerprint density at radius 2 is 2.07 bits per heavy atom. The maximum atomic E-state index is 6.10. The molecule has 0 bridgehead atoms. The van der Waals surface area contributed by atoms with Gasteiger partial charge in [-0.3, -0.25) is 0 Å². The maximum Gasteiger partial charge on any atom is 0.158 e. The second-order valence-electron chi connectivity index (χ2n) is 5.11. The maximum absolute atomic E-state index is 6.10. The molecule has 2 nitrogen and oxygen atoms in total. The van der Waals surface area contributed by atoms with Crippen molar-refractivity contribution in [2.75, 3.05) is 6.61 Å². The molecule has 86 valence electrons. The van der Waals surface area contributed by atoms with E-state index in [1.165, 1.54) is 18.4 Å². The van der Waals surface area contributed by atoms with Crippen LogP contribution < -0.4 is 0 Å². The zero-order chi connectivity index (χ0) is 10.7. The van der Waals surface area contributed by atoms with E-state index in [1.54, 1.807) is 0 Å². The average molecular weight is 210 g/mol. The lowest BCUT2D eigenvalue weighted by molar-refractivity contribution is -0.225. The van der Waals surface area contributed by atoms with Crippen molar-refractivity contribution < 1.29 is 9.47 Å². The first-order valence-corrected chi connectivity index (χ1v) is 6.14. The molecule has 15 heavy (non-hydrogen) atoms. The quantitative estimate of drug-likeness (QED) is 0.650. The third-order valence-corrected chi connectivity index (χ3v) is 3.57. The molecule has 0 N–H and O–H groups in total. The van der Waals surface area contributed by atoms with Gasteiger partial charge in [-0.2, -0.15) is 0 Å². The lowest BCUT2D eigenvalue weighted by Gasteiger charge is -2.38. The van der Waals surface area contributed by atoms with Crippen LogP contribution in [-0.2, 0) is 9.47 Å². The smallest absolute Gasteiger partial charge is 0.158 e. The molecule has 0 amide bonds. The van der Waals surface area contributed by atoms with E-state index in [0.717, 1.165) is 38.7 Å². The summed E-state index contributed by atoms with van der Waals surface area (Å²) in [5, 5.41) is 0. The zero-order valence-electron chi connectivity index (χ0n) is 9.76.